The number of para-hydroxylation sites is 1. The second-order valence-corrected chi connectivity index (χ2v) is 8.51. The van der Waals surface area contributed by atoms with Gasteiger partial charge in [-0.15, -0.1) is 11.3 Å². The fourth-order valence-electron chi connectivity index (χ4n) is 4.15. The zero-order valence-corrected chi connectivity index (χ0v) is 16.7. The number of rotatable bonds is 3. The Bertz CT molecular complexity index is 1180. The minimum absolute atomic E-state index is 0.00773. The van der Waals surface area contributed by atoms with Gasteiger partial charge in [0.15, 0.2) is 0 Å². The van der Waals surface area contributed by atoms with Gasteiger partial charge in [0.05, 0.1) is 22.0 Å². The van der Waals surface area contributed by atoms with Gasteiger partial charge in [0, 0.05) is 18.3 Å². The van der Waals surface area contributed by atoms with Crippen molar-refractivity contribution in [2.24, 2.45) is 0 Å². The molecule has 0 N–H and O–H groups in total. The van der Waals surface area contributed by atoms with Crippen molar-refractivity contribution in [3.8, 4) is 0 Å². The lowest BCUT2D eigenvalue weighted by Crippen LogP contribution is -2.33. The van der Waals surface area contributed by atoms with Crippen LogP contribution < -0.4 is 5.56 Å². The van der Waals surface area contributed by atoms with Crippen LogP contribution in [0.1, 0.15) is 41.7 Å². The van der Waals surface area contributed by atoms with Gasteiger partial charge in [0.2, 0.25) is 0 Å². The van der Waals surface area contributed by atoms with Crippen LogP contribution in [0.15, 0.2) is 53.3 Å². The molecule has 4 heterocycles. The van der Waals surface area contributed by atoms with Gasteiger partial charge >= 0.3 is 0 Å². The van der Waals surface area contributed by atoms with Gasteiger partial charge in [0.1, 0.15) is 10.7 Å². The van der Waals surface area contributed by atoms with Crippen molar-refractivity contribution in [2.45, 2.75) is 38.8 Å². The highest BCUT2D eigenvalue weighted by Crippen LogP contribution is 2.36. The van der Waals surface area contributed by atoms with Crippen molar-refractivity contribution in [2.75, 3.05) is 6.54 Å². The molecule has 0 spiro atoms. The fraction of sp³-hybridized carbons (Fsp3) is 0.318. The Morgan fingerprint density at radius 3 is 2.89 bits per heavy atom. The summed E-state index contributed by atoms with van der Waals surface area (Å²) in [6.07, 6.45) is 3.49. The molecule has 1 aromatic carbocycles. The molecular formula is C22H22N4OS. The average Bonchev–Trinajstić information content (AvgIpc) is 3.12. The van der Waals surface area contributed by atoms with Gasteiger partial charge < -0.3 is 0 Å². The van der Waals surface area contributed by atoms with Gasteiger partial charge in [-0.1, -0.05) is 24.6 Å². The first kappa shape index (κ1) is 17.5. The molecule has 5 nitrogen and oxygen atoms in total. The van der Waals surface area contributed by atoms with Crippen LogP contribution in [-0.2, 0) is 6.54 Å². The topological polar surface area (TPSA) is 50.5 Å². The molecule has 142 valence electrons. The number of thiazole rings is 1. The van der Waals surface area contributed by atoms with Gasteiger partial charge in [-0.05, 0) is 50.6 Å². The van der Waals surface area contributed by atoms with E-state index in [0.717, 1.165) is 35.5 Å². The third-order valence-electron chi connectivity index (χ3n) is 5.51. The molecule has 28 heavy (non-hydrogen) atoms. The Hall–Kier alpha value is -2.57. The summed E-state index contributed by atoms with van der Waals surface area (Å²) in [5.74, 6) is 0. The molecule has 0 bridgehead atoms. The van der Waals surface area contributed by atoms with Crippen molar-refractivity contribution in [3.63, 3.8) is 0 Å². The minimum Gasteiger partial charge on any atom is -0.288 e. The van der Waals surface area contributed by atoms with Crippen LogP contribution in [0.4, 0.5) is 0 Å². The monoisotopic (exact) mass is 390 g/mol. The predicted octanol–water partition coefficient (Wildman–Crippen LogP) is 4.34. The second-order valence-electron chi connectivity index (χ2n) is 7.45. The summed E-state index contributed by atoms with van der Waals surface area (Å²) in [5.41, 5.74) is 3.53. The largest absolute Gasteiger partial charge is 0.288 e. The van der Waals surface area contributed by atoms with E-state index in [1.54, 1.807) is 21.8 Å². The molecule has 1 fully saturated rings. The normalized spacial score (nSPS) is 18.1. The molecule has 0 aliphatic carbocycles. The van der Waals surface area contributed by atoms with Gasteiger partial charge in [-0.2, -0.15) is 0 Å². The van der Waals surface area contributed by atoms with Crippen molar-refractivity contribution in [1.82, 2.24) is 19.3 Å². The number of piperidine rings is 1. The number of aryl methyl sites for hydroxylation is 1. The zero-order chi connectivity index (χ0) is 19.1. The smallest absolute Gasteiger partial charge is 0.258 e. The van der Waals surface area contributed by atoms with Crippen LogP contribution in [0.3, 0.4) is 0 Å². The van der Waals surface area contributed by atoms with E-state index in [4.69, 9.17) is 9.97 Å². The van der Waals surface area contributed by atoms with E-state index in [9.17, 15) is 4.79 Å². The maximum absolute atomic E-state index is 12.6. The Morgan fingerprint density at radius 1 is 1.11 bits per heavy atom. The molecule has 1 atom stereocenters. The highest BCUT2D eigenvalue weighted by molar-refractivity contribution is 7.18. The summed E-state index contributed by atoms with van der Waals surface area (Å²) in [6, 6.07) is 16.1. The minimum atomic E-state index is -0.00773. The van der Waals surface area contributed by atoms with Crippen LogP contribution in [0, 0.1) is 6.92 Å². The van der Waals surface area contributed by atoms with Crippen molar-refractivity contribution < 1.29 is 0 Å². The lowest BCUT2D eigenvalue weighted by Gasteiger charge is -2.34. The van der Waals surface area contributed by atoms with Crippen LogP contribution in [0.2, 0.25) is 0 Å². The molecule has 1 aliphatic rings. The lowest BCUT2D eigenvalue weighted by atomic mass is 10.0. The first-order chi connectivity index (χ1) is 13.7. The van der Waals surface area contributed by atoms with Crippen LogP contribution >= 0.6 is 11.3 Å². The van der Waals surface area contributed by atoms with Crippen molar-refractivity contribution >= 4 is 27.2 Å². The number of pyridine rings is 1. The fourth-order valence-corrected chi connectivity index (χ4v) is 5.28. The van der Waals surface area contributed by atoms with Crippen LogP contribution in [-0.4, -0.2) is 25.8 Å². The molecule has 3 aromatic heterocycles. The summed E-state index contributed by atoms with van der Waals surface area (Å²) >= 11 is 1.79. The average molecular weight is 391 g/mol. The van der Waals surface area contributed by atoms with Gasteiger partial charge in [-0.25, -0.2) is 9.97 Å². The summed E-state index contributed by atoms with van der Waals surface area (Å²) in [4.78, 5) is 24.7. The molecule has 0 radical (unpaired) electrons. The number of likely N-dealkylation sites (tertiary alicyclic amines) is 1. The van der Waals surface area contributed by atoms with E-state index in [-0.39, 0.29) is 5.56 Å². The van der Waals surface area contributed by atoms with E-state index >= 15 is 0 Å². The standard InChI is InChI=1S/C22H22N4OS/c1-15-7-6-11-20-23-16(13-21(27)26(15)20)14-25-12-5-4-9-18(25)22-24-17-8-2-3-10-19(17)28-22/h2-3,6-8,10-11,13,18H,4-5,9,12,14H2,1H3. The van der Waals surface area contributed by atoms with Crippen molar-refractivity contribution in [1.29, 1.82) is 0 Å². The van der Waals surface area contributed by atoms with Crippen molar-refractivity contribution in [3.05, 3.63) is 75.3 Å². The highest BCUT2D eigenvalue weighted by Gasteiger charge is 2.27. The number of hydrogen-bond acceptors (Lipinski definition) is 5. The third-order valence-corrected chi connectivity index (χ3v) is 6.65. The van der Waals surface area contributed by atoms with E-state index in [2.05, 4.69) is 23.1 Å². The molecule has 0 amide bonds. The SMILES string of the molecule is Cc1cccc2nc(CN3CCCCC3c3nc4ccccc4s3)cc(=O)n12. The van der Waals surface area contributed by atoms with E-state index in [0.29, 0.717) is 12.6 Å². The van der Waals surface area contributed by atoms with Crippen LogP contribution in [0.5, 0.6) is 0 Å². The third kappa shape index (κ3) is 3.12. The Labute approximate surface area is 167 Å². The zero-order valence-electron chi connectivity index (χ0n) is 15.8. The van der Waals surface area contributed by atoms with Crippen LogP contribution in [0.25, 0.3) is 15.9 Å². The second kappa shape index (κ2) is 7.11. The summed E-state index contributed by atoms with van der Waals surface area (Å²) in [5, 5.41) is 1.18. The van der Waals surface area contributed by atoms with Gasteiger partial charge in [0.25, 0.3) is 5.56 Å². The number of nitrogens with zero attached hydrogens (tertiary/aromatic N) is 4. The Balaban J connectivity index is 1.49. The molecule has 4 aromatic rings. The van der Waals surface area contributed by atoms with E-state index < -0.39 is 0 Å². The molecule has 1 unspecified atom stereocenters. The molecule has 1 aliphatic heterocycles. The summed E-state index contributed by atoms with van der Waals surface area (Å²) in [7, 11) is 0. The number of hydrogen-bond donors (Lipinski definition) is 0. The van der Waals surface area contributed by atoms with E-state index in [1.807, 2.05) is 31.2 Å². The first-order valence-corrected chi connectivity index (χ1v) is 10.6. The first-order valence-electron chi connectivity index (χ1n) is 9.77. The molecular weight excluding hydrogens is 368 g/mol. The predicted molar refractivity (Wildman–Crippen MR) is 113 cm³/mol. The molecule has 6 heteroatoms. The summed E-state index contributed by atoms with van der Waals surface area (Å²) < 4.78 is 2.91. The lowest BCUT2D eigenvalue weighted by molar-refractivity contribution is 0.138. The Morgan fingerprint density at radius 2 is 2.00 bits per heavy atom. The molecule has 0 saturated carbocycles. The maximum Gasteiger partial charge on any atom is 0.258 e. The van der Waals surface area contributed by atoms with E-state index in [1.165, 1.54) is 22.5 Å². The quantitative estimate of drug-likeness (QED) is 0.522. The number of benzene rings is 1. The maximum atomic E-state index is 12.6. The Kier molecular flexibility index (Phi) is 4.45. The number of aromatic nitrogens is 3. The molecule has 5 rings (SSSR count). The van der Waals surface area contributed by atoms with Gasteiger partial charge in [-0.3, -0.25) is 14.1 Å². The summed E-state index contributed by atoms with van der Waals surface area (Å²) in [6.45, 7) is 3.62. The number of fused-ring (bicyclic) bond motifs is 2. The highest BCUT2D eigenvalue weighted by atomic mass is 32.1. The molecule has 1 saturated heterocycles.